The van der Waals surface area contributed by atoms with Gasteiger partial charge in [-0.3, -0.25) is 4.90 Å². The minimum absolute atomic E-state index is 0.166. The lowest BCUT2D eigenvalue weighted by atomic mass is 10.1. The molecule has 1 aromatic carbocycles. The van der Waals surface area contributed by atoms with Gasteiger partial charge in [0.05, 0.1) is 37.7 Å². The van der Waals surface area contributed by atoms with Crippen molar-refractivity contribution in [3.05, 3.63) is 42.7 Å². The molecule has 0 saturated carbocycles. The van der Waals surface area contributed by atoms with E-state index in [0.29, 0.717) is 36.4 Å². The first-order valence-corrected chi connectivity index (χ1v) is 9.42. The number of nitrogens with one attached hydrogen (secondary N) is 1. The van der Waals surface area contributed by atoms with Crippen molar-refractivity contribution in [3.8, 4) is 17.1 Å². The summed E-state index contributed by atoms with van der Waals surface area (Å²) in [5, 5.41) is 3.13. The van der Waals surface area contributed by atoms with Crippen LogP contribution in [0.15, 0.2) is 45.8 Å². The minimum atomic E-state index is -0.325. The second-order valence-electron chi connectivity index (χ2n) is 6.52. The van der Waals surface area contributed by atoms with Gasteiger partial charge in [0.25, 0.3) is 6.01 Å². The number of likely N-dealkylation sites (tertiary alicyclic amines) is 1. The first-order valence-electron chi connectivity index (χ1n) is 9.42. The molecule has 1 aliphatic heterocycles. The van der Waals surface area contributed by atoms with Gasteiger partial charge < -0.3 is 23.6 Å². The number of carbonyl (C=O) groups excluding carboxylic acids is 1. The van der Waals surface area contributed by atoms with E-state index in [4.69, 9.17) is 18.3 Å². The molecule has 2 aromatic heterocycles. The van der Waals surface area contributed by atoms with Crippen LogP contribution in [0.1, 0.15) is 31.6 Å². The van der Waals surface area contributed by atoms with Gasteiger partial charge in [0.15, 0.2) is 12.2 Å². The maximum absolute atomic E-state index is 12.1. The number of aromatic nitrogens is 2. The van der Waals surface area contributed by atoms with E-state index in [-0.39, 0.29) is 12.1 Å². The normalized spacial score (nSPS) is 16.1. The number of benzene rings is 1. The highest BCUT2D eigenvalue weighted by Gasteiger charge is 2.33. The number of rotatable bonds is 6. The van der Waals surface area contributed by atoms with Crippen molar-refractivity contribution in [1.82, 2.24) is 14.9 Å². The van der Waals surface area contributed by atoms with Crippen LogP contribution in [0, 0.1) is 0 Å². The van der Waals surface area contributed by atoms with Crippen LogP contribution >= 0.6 is 0 Å². The van der Waals surface area contributed by atoms with Crippen molar-refractivity contribution in [1.29, 1.82) is 0 Å². The van der Waals surface area contributed by atoms with Crippen LogP contribution in [0.4, 0.5) is 16.5 Å². The lowest BCUT2D eigenvalue weighted by Gasteiger charge is -2.21. The van der Waals surface area contributed by atoms with E-state index in [0.717, 1.165) is 24.1 Å². The molecule has 9 heteroatoms. The summed E-state index contributed by atoms with van der Waals surface area (Å²) in [6.45, 7) is 2.78. The number of nitrogens with zero attached hydrogens (tertiary/aromatic N) is 3. The highest BCUT2D eigenvalue weighted by atomic mass is 16.6. The number of methoxy groups -OCH3 is 1. The summed E-state index contributed by atoms with van der Waals surface area (Å²) in [5.74, 6) is 1.87. The van der Waals surface area contributed by atoms with Gasteiger partial charge in [-0.15, -0.1) is 0 Å². The second kappa shape index (κ2) is 8.26. The van der Waals surface area contributed by atoms with Gasteiger partial charge in [-0.1, -0.05) is 0 Å². The topological polar surface area (TPSA) is 103 Å². The van der Waals surface area contributed by atoms with Gasteiger partial charge in [0, 0.05) is 18.3 Å². The van der Waals surface area contributed by atoms with Crippen molar-refractivity contribution in [2.45, 2.75) is 25.8 Å². The van der Waals surface area contributed by atoms with E-state index >= 15 is 0 Å². The van der Waals surface area contributed by atoms with E-state index in [1.54, 1.807) is 31.3 Å². The van der Waals surface area contributed by atoms with Crippen molar-refractivity contribution < 1.29 is 23.1 Å². The largest absolute Gasteiger partial charge is 0.496 e. The Kier molecular flexibility index (Phi) is 5.37. The standard InChI is InChI=1S/C20H22N4O5/c1-3-27-20(25)24-8-4-5-15(24)18-11-22-19(29-18)23-13-6-7-14(16(9-13)26-2)17-10-21-12-28-17/h6-7,9-12,15H,3-5,8H2,1-2H3,(H,22,23). The fourth-order valence-electron chi connectivity index (χ4n) is 3.43. The van der Waals surface area contributed by atoms with Gasteiger partial charge >= 0.3 is 6.09 Å². The Morgan fingerprint density at radius 2 is 2.28 bits per heavy atom. The highest BCUT2D eigenvalue weighted by molar-refractivity contribution is 5.71. The van der Waals surface area contributed by atoms with Crippen molar-refractivity contribution in [2.24, 2.45) is 0 Å². The van der Waals surface area contributed by atoms with E-state index in [1.165, 1.54) is 6.39 Å². The number of hydrogen-bond acceptors (Lipinski definition) is 8. The Morgan fingerprint density at radius 3 is 3.03 bits per heavy atom. The second-order valence-corrected chi connectivity index (χ2v) is 6.52. The molecule has 3 heterocycles. The summed E-state index contributed by atoms with van der Waals surface area (Å²) in [6.07, 6.45) is 6.03. The van der Waals surface area contributed by atoms with Crippen LogP contribution in [0.3, 0.4) is 0 Å². The number of hydrogen-bond donors (Lipinski definition) is 1. The zero-order chi connectivity index (χ0) is 20.2. The zero-order valence-corrected chi connectivity index (χ0v) is 16.3. The van der Waals surface area contributed by atoms with Gasteiger partial charge in [0.2, 0.25) is 0 Å². The maximum atomic E-state index is 12.1. The summed E-state index contributed by atoms with van der Waals surface area (Å²) in [4.78, 5) is 22.0. The van der Waals surface area contributed by atoms with Crippen LogP contribution in [0.5, 0.6) is 5.75 Å². The van der Waals surface area contributed by atoms with Crippen LogP contribution in [0.25, 0.3) is 11.3 Å². The Labute approximate surface area is 167 Å². The molecule has 4 rings (SSSR count). The quantitative estimate of drug-likeness (QED) is 0.653. The molecule has 9 nitrogen and oxygen atoms in total. The monoisotopic (exact) mass is 398 g/mol. The third kappa shape index (κ3) is 3.89. The summed E-state index contributed by atoms with van der Waals surface area (Å²) in [5.41, 5.74) is 1.53. The molecule has 0 bridgehead atoms. The Bertz CT molecular complexity index is 969. The van der Waals surface area contributed by atoms with Gasteiger partial charge in [-0.05, 0) is 31.9 Å². The molecule has 0 radical (unpaired) electrons. The van der Waals surface area contributed by atoms with Crippen LogP contribution < -0.4 is 10.1 Å². The van der Waals surface area contributed by atoms with E-state index < -0.39 is 0 Å². The first kappa shape index (κ1) is 18.9. The molecule has 1 atom stereocenters. The molecule has 1 fully saturated rings. The lowest BCUT2D eigenvalue weighted by molar-refractivity contribution is 0.0992. The molecular weight excluding hydrogens is 376 g/mol. The summed E-state index contributed by atoms with van der Waals surface area (Å²) in [7, 11) is 1.59. The Hall–Kier alpha value is -3.49. The van der Waals surface area contributed by atoms with Crippen LogP contribution in [-0.2, 0) is 4.74 Å². The average Bonchev–Trinajstić information content (AvgIpc) is 3.49. The average molecular weight is 398 g/mol. The Balaban J connectivity index is 1.50. The fourth-order valence-corrected chi connectivity index (χ4v) is 3.43. The summed E-state index contributed by atoms with van der Waals surface area (Å²) in [6, 6.07) is 5.73. The third-order valence-corrected chi connectivity index (χ3v) is 4.76. The van der Waals surface area contributed by atoms with Crippen molar-refractivity contribution >= 4 is 17.8 Å². The van der Waals surface area contributed by atoms with E-state index in [2.05, 4.69) is 15.3 Å². The molecule has 1 N–H and O–H groups in total. The maximum Gasteiger partial charge on any atom is 0.410 e. The molecule has 3 aromatic rings. The number of oxazole rings is 2. The molecule has 0 aliphatic carbocycles. The molecule has 1 amide bonds. The van der Waals surface area contributed by atoms with Gasteiger partial charge in [-0.2, -0.15) is 0 Å². The first-order chi connectivity index (χ1) is 14.2. The Morgan fingerprint density at radius 1 is 1.38 bits per heavy atom. The minimum Gasteiger partial charge on any atom is -0.496 e. The number of carbonyl (C=O) groups is 1. The summed E-state index contributed by atoms with van der Waals surface area (Å²) >= 11 is 0. The number of anilines is 2. The summed E-state index contributed by atoms with van der Waals surface area (Å²) < 4.78 is 21.8. The van der Waals surface area contributed by atoms with E-state index in [9.17, 15) is 4.79 Å². The molecule has 1 unspecified atom stereocenters. The smallest absolute Gasteiger partial charge is 0.410 e. The van der Waals surface area contributed by atoms with Crippen LogP contribution in [-0.4, -0.2) is 41.2 Å². The highest BCUT2D eigenvalue weighted by Crippen LogP contribution is 2.35. The molecule has 29 heavy (non-hydrogen) atoms. The fraction of sp³-hybridized carbons (Fsp3) is 0.350. The molecule has 152 valence electrons. The van der Waals surface area contributed by atoms with Gasteiger partial charge in [0.1, 0.15) is 11.5 Å². The third-order valence-electron chi connectivity index (χ3n) is 4.76. The zero-order valence-electron chi connectivity index (χ0n) is 16.3. The van der Waals surface area contributed by atoms with Gasteiger partial charge in [-0.25, -0.2) is 14.8 Å². The SMILES string of the molecule is CCOC(=O)N1CCCC1c1cnc(Nc2ccc(-c3cnco3)c(OC)c2)o1. The van der Waals surface area contributed by atoms with Crippen LogP contribution in [0.2, 0.25) is 0 Å². The van der Waals surface area contributed by atoms with Crippen molar-refractivity contribution in [2.75, 3.05) is 25.6 Å². The number of ether oxygens (including phenoxy) is 2. The predicted molar refractivity (Wildman–Crippen MR) is 104 cm³/mol. The van der Waals surface area contributed by atoms with Crippen molar-refractivity contribution in [3.63, 3.8) is 0 Å². The lowest BCUT2D eigenvalue weighted by Crippen LogP contribution is -2.30. The predicted octanol–water partition coefficient (Wildman–Crippen LogP) is 4.38. The molecule has 1 aliphatic rings. The molecular formula is C20H22N4O5. The number of amides is 1. The molecule has 1 saturated heterocycles. The van der Waals surface area contributed by atoms with E-state index in [1.807, 2.05) is 18.2 Å². The molecule has 0 spiro atoms.